The summed E-state index contributed by atoms with van der Waals surface area (Å²) in [6, 6.07) is 13.9. The van der Waals surface area contributed by atoms with E-state index in [2.05, 4.69) is 15.1 Å². The Balaban J connectivity index is 1.30. The summed E-state index contributed by atoms with van der Waals surface area (Å²) in [7, 11) is -3.81. The van der Waals surface area contributed by atoms with E-state index in [1.807, 2.05) is 19.1 Å². The van der Waals surface area contributed by atoms with E-state index in [-0.39, 0.29) is 31.3 Å². The maximum atomic E-state index is 14.1. The Kier molecular flexibility index (Phi) is 8.89. The first-order chi connectivity index (χ1) is 19.9. The molecule has 7 nitrogen and oxygen atoms in total. The summed E-state index contributed by atoms with van der Waals surface area (Å²) in [6.07, 6.45) is -5.07. The van der Waals surface area contributed by atoms with E-state index < -0.39 is 39.7 Å². The van der Waals surface area contributed by atoms with Crippen molar-refractivity contribution < 1.29 is 34.8 Å². The summed E-state index contributed by atoms with van der Waals surface area (Å²) in [4.78, 5) is 2.16. The van der Waals surface area contributed by atoms with Gasteiger partial charge in [-0.3, -0.25) is 4.31 Å². The van der Waals surface area contributed by atoms with E-state index in [1.165, 1.54) is 4.31 Å². The minimum Gasteiger partial charge on any atom is -0.415 e. The highest BCUT2D eigenvalue weighted by Gasteiger charge is 2.43. The van der Waals surface area contributed by atoms with Gasteiger partial charge in [0.05, 0.1) is 23.4 Å². The van der Waals surface area contributed by atoms with Gasteiger partial charge in [0, 0.05) is 11.6 Å². The van der Waals surface area contributed by atoms with E-state index in [4.69, 9.17) is 4.42 Å². The number of hydrogen-bond donors (Lipinski definition) is 0. The van der Waals surface area contributed by atoms with Crippen molar-refractivity contribution >= 4 is 15.7 Å². The van der Waals surface area contributed by atoms with Crippen LogP contribution in [0.5, 0.6) is 0 Å². The lowest BCUT2D eigenvalue weighted by atomic mass is 9.84. The number of nitrogens with zero attached hydrogens (tertiary/aromatic N) is 4. The van der Waals surface area contributed by atoms with Gasteiger partial charge in [0.15, 0.2) is 0 Å². The molecule has 0 bridgehead atoms. The largest absolute Gasteiger partial charge is 0.415 e. The maximum absolute atomic E-state index is 14.1. The van der Waals surface area contributed by atoms with Gasteiger partial charge >= 0.3 is 12.6 Å². The van der Waals surface area contributed by atoms with E-state index >= 15 is 0 Å². The number of anilines is 1. The van der Waals surface area contributed by atoms with Crippen molar-refractivity contribution in [3.05, 3.63) is 65.5 Å². The zero-order valence-corrected chi connectivity index (χ0v) is 23.9. The van der Waals surface area contributed by atoms with Crippen molar-refractivity contribution in [3.63, 3.8) is 0 Å². The fraction of sp³-hybridized carbons (Fsp3) is 0.517. The van der Waals surface area contributed by atoms with Gasteiger partial charge in [0.1, 0.15) is 0 Å². The molecule has 3 aromatic rings. The first kappa shape index (κ1) is 30.4. The summed E-state index contributed by atoms with van der Waals surface area (Å²) in [5.41, 5.74) is 2.47. The van der Waals surface area contributed by atoms with Gasteiger partial charge in [-0.25, -0.2) is 8.42 Å². The predicted octanol–water partition coefficient (Wildman–Crippen LogP) is 6.90. The minimum atomic E-state index is -4.16. The molecule has 0 unspecified atom stereocenters. The first-order valence-corrected chi connectivity index (χ1v) is 15.5. The average Bonchev–Trinajstić information content (AvgIpc) is 3.47. The van der Waals surface area contributed by atoms with E-state index in [0.29, 0.717) is 55.6 Å². The third-order valence-electron chi connectivity index (χ3n) is 8.42. The number of para-hydroxylation sites is 1. The molecule has 5 rings (SSSR count). The van der Waals surface area contributed by atoms with Gasteiger partial charge in [-0.15, -0.1) is 10.2 Å². The molecule has 2 aromatic carbocycles. The molecule has 0 amide bonds. The quantitative estimate of drug-likeness (QED) is 0.258. The Hall–Kier alpha value is -3.06. The van der Waals surface area contributed by atoms with Crippen molar-refractivity contribution in [2.75, 3.05) is 17.4 Å². The average molecular weight is 613 g/mol. The Labute approximate surface area is 241 Å². The van der Waals surface area contributed by atoms with Gasteiger partial charge < -0.3 is 9.32 Å². The van der Waals surface area contributed by atoms with Crippen LogP contribution in [-0.4, -0.2) is 54.1 Å². The van der Waals surface area contributed by atoms with Crippen molar-refractivity contribution in [3.8, 4) is 11.5 Å². The SMILES string of the molecule is Cc1ccccc1N(Cc1ccc(-c2nnc(C(F)F)o2)cc1)S(=O)(=O)C1CCN(C2CCC(C(F)(F)F)CC2)CC1. The fourth-order valence-electron chi connectivity index (χ4n) is 6.00. The normalized spacial score (nSPS) is 21.1. The number of hydrogen-bond acceptors (Lipinski definition) is 6. The van der Waals surface area contributed by atoms with E-state index in [1.54, 1.807) is 36.4 Å². The molecule has 2 heterocycles. The molecule has 1 saturated heterocycles. The molecule has 2 fully saturated rings. The summed E-state index contributed by atoms with van der Waals surface area (Å²) in [6.45, 7) is 2.94. The summed E-state index contributed by atoms with van der Waals surface area (Å²) < 4.78 is 99.6. The predicted molar refractivity (Wildman–Crippen MR) is 147 cm³/mol. The smallest absolute Gasteiger partial charge is 0.391 e. The van der Waals surface area contributed by atoms with Crippen LogP contribution in [0, 0.1) is 12.8 Å². The van der Waals surface area contributed by atoms with Gasteiger partial charge in [0.25, 0.3) is 5.89 Å². The van der Waals surface area contributed by atoms with Gasteiger partial charge in [-0.2, -0.15) is 22.0 Å². The van der Waals surface area contributed by atoms with Crippen LogP contribution in [0.3, 0.4) is 0 Å². The molecule has 0 N–H and O–H groups in total. The third-order valence-corrected chi connectivity index (χ3v) is 10.7. The number of alkyl halides is 5. The molecule has 1 aliphatic carbocycles. The number of piperidine rings is 1. The Morgan fingerprint density at radius 2 is 1.60 bits per heavy atom. The zero-order chi connectivity index (χ0) is 30.1. The van der Waals surface area contributed by atoms with Gasteiger partial charge in [-0.05, 0) is 87.9 Å². The molecule has 228 valence electrons. The van der Waals surface area contributed by atoms with Crippen LogP contribution in [0.2, 0.25) is 0 Å². The Bertz CT molecular complexity index is 1450. The lowest BCUT2D eigenvalue weighted by Gasteiger charge is -2.41. The number of halogens is 5. The van der Waals surface area contributed by atoms with Crippen LogP contribution < -0.4 is 4.31 Å². The van der Waals surface area contributed by atoms with Crippen molar-refractivity contribution in [1.29, 1.82) is 0 Å². The van der Waals surface area contributed by atoms with Crippen LogP contribution >= 0.6 is 0 Å². The van der Waals surface area contributed by atoms with E-state index in [9.17, 15) is 30.4 Å². The third kappa shape index (κ3) is 6.61. The molecule has 42 heavy (non-hydrogen) atoms. The molecule has 13 heteroatoms. The number of likely N-dealkylation sites (tertiary alicyclic amines) is 1. The van der Waals surface area contributed by atoms with Crippen LogP contribution in [-0.2, 0) is 16.6 Å². The Morgan fingerprint density at radius 1 is 0.952 bits per heavy atom. The molecule has 1 aromatic heterocycles. The van der Waals surface area contributed by atoms with Crippen molar-refractivity contribution in [1.82, 2.24) is 15.1 Å². The molecule has 0 spiro atoms. The molecule has 1 aliphatic heterocycles. The zero-order valence-electron chi connectivity index (χ0n) is 23.1. The number of benzene rings is 2. The minimum absolute atomic E-state index is 0.0499. The van der Waals surface area contributed by atoms with Crippen LogP contribution in [0.4, 0.5) is 27.6 Å². The number of aryl methyl sites for hydroxylation is 1. The molecular weight excluding hydrogens is 579 g/mol. The summed E-state index contributed by atoms with van der Waals surface area (Å²) >= 11 is 0. The van der Waals surface area contributed by atoms with Crippen molar-refractivity contribution in [2.24, 2.45) is 5.92 Å². The highest BCUT2D eigenvalue weighted by molar-refractivity contribution is 7.93. The monoisotopic (exact) mass is 612 g/mol. The molecule has 0 atom stereocenters. The first-order valence-electron chi connectivity index (χ1n) is 14.0. The van der Waals surface area contributed by atoms with Crippen LogP contribution in [0.25, 0.3) is 11.5 Å². The highest BCUT2D eigenvalue weighted by Crippen LogP contribution is 2.40. The second-order valence-corrected chi connectivity index (χ2v) is 13.2. The topological polar surface area (TPSA) is 79.5 Å². The second-order valence-electron chi connectivity index (χ2n) is 11.1. The molecule has 2 aliphatic rings. The molecular formula is C29H33F5N4O3S. The standard InChI is InChI=1S/C29H33F5N4O3S/c1-19-4-2-3-5-25(19)38(18-20-6-8-21(9-7-20)27-35-36-28(41-27)26(30)31)42(39,40)24-14-16-37(17-15-24)23-12-10-22(11-13-23)29(32,33)34/h2-9,22-24,26H,10-18H2,1H3. The summed E-state index contributed by atoms with van der Waals surface area (Å²) in [5.74, 6) is -2.07. The van der Waals surface area contributed by atoms with Crippen LogP contribution in [0.15, 0.2) is 52.9 Å². The fourth-order valence-corrected chi connectivity index (χ4v) is 7.97. The van der Waals surface area contributed by atoms with Crippen molar-refractivity contribution in [2.45, 2.75) is 75.9 Å². The highest BCUT2D eigenvalue weighted by atomic mass is 32.2. The number of sulfonamides is 1. The van der Waals surface area contributed by atoms with E-state index in [0.717, 1.165) is 5.56 Å². The summed E-state index contributed by atoms with van der Waals surface area (Å²) in [5, 5.41) is 6.36. The maximum Gasteiger partial charge on any atom is 0.391 e. The number of aromatic nitrogens is 2. The number of rotatable bonds is 8. The second kappa shape index (κ2) is 12.3. The van der Waals surface area contributed by atoms with Gasteiger partial charge in [-0.1, -0.05) is 30.3 Å². The lowest BCUT2D eigenvalue weighted by molar-refractivity contribution is -0.184. The molecule has 1 saturated carbocycles. The Morgan fingerprint density at radius 3 is 2.17 bits per heavy atom. The van der Waals surface area contributed by atoms with Gasteiger partial charge in [0.2, 0.25) is 15.9 Å². The lowest BCUT2D eigenvalue weighted by Crippen LogP contribution is -2.49. The molecule has 0 radical (unpaired) electrons. The van der Waals surface area contributed by atoms with Crippen LogP contribution in [0.1, 0.15) is 62.0 Å².